The molecule has 0 aromatic heterocycles. The van der Waals surface area contributed by atoms with Crippen LogP contribution in [0.25, 0.3) is 0 Å². The summed E-state index contributed by atoms with van der Waals surface area (Å²) in [7, 11) is -3.77. The molecule has 172 valence electrons. The Hall–Kier alpha value is -2.85. The zero-order chi connectivity index (χ0) is 23.3. The molecule has 0 bridgehead atoms. The van der Waals surface area contributed by atoms with Gasteiger partial charge < -0.3 is 10.1 Å². The maximum atomic E-state index is 13.1. The van der Waals surface area contributed by atoms with Gasteiger partial charge in [-0.3, -0.25) is 9.59 Å². The lowest BCUT2D eigenvalue weighted by atomic mass is 9.98. The highest BCUT2D eigenvalue weighted by molar-refractivity contribution is 7.89. The smallest absolute Gasteiger partial charge is 0.309 e. The van der Waals surface area contributed by atoms with Crippen LogP contribution >= 0.6 is 0 Å². The van der Waals surface area contributed by atoms with E-state index < -0.39 is 39.7 Å². The number of ether oxygens (including phenoxy) is 1. The average Bonchev–Trinajstić information content (AvgIpc) is 2.78. The molecule has 0 aliphatic carbocycles. The molecular formula is C22H24F2N2O5S. The molecule has 1 amide bonds. The Balaban J connectivity index is 1.47. The van der Waals surface area contributed by atoms with Gasteiger partial charge >= 0.3 is 5.97 Å². The Bertz CT molecular complexity index is 1050. The number of piperidine rings is 1. The van der Waals surface area contributed by atoms with Crippen molar-refractivity contribution in [3.05, 3.63) is 65.7 Å². The number of carbonyl (C=O) groups excluding carboxylic acids is 2. The maximum Gasteiger partial charge on any atom is 0.309 e. The van der Waals surface area contributed by atoms with Crippen LogP contribution in [0.5, 0.6) is 0 Å². The minimum Gasteiger partial charge on any atom is -0.452 e. The fourth-order valence-corrected chi connectivity index (χ4v) is 4.82. The highest BCUT2D eigenvalue weighted by Gasteiger charge is 2.33. The third kappa shape index (κ3) is 5.89. The molecule has 1 unspecified atom stereocenters. The fourth-order valence-electron chi connectivity index (χ4n) is 3.35. The number of sulfonamides is 1. The lowest BCUT2D eigenvalue weighted by Gasteiger charge is -2.30. The first-order valence-corrected chi connectivity index (χ1v) is 11.6. The van der Waals surface area contributed by atoms with Crippen LogP contribution in [0, 0.1) is 17.6 Å². The summed E-state index contributed by atoms with van der Waals surface area (Å²) in [6, 6.07) is 10.2. The van der Waals surface area contributed by atoms with Gasteiger partial charge in [-0.25, -0.2) is 17.2 Å². The molecule has 1 N–H and O–H groups in total. The second kappa shape index (κ2) is 10.2. The molecule has 1 aliphatic rings. The third-order valence-electron chi connectivity index (χ3n) is 5.28. The van der Waals surface area contributed by atoms with Crippen LogP contribution in [0.1, 0.15) is 25.3 Å². The Morgan fingerprint density at radius 1 is 1.03 bits per heavy atom. The van der Waals surface area contributed by atoms with Crippen molar-refractivity contribution < 1.29 is 31.5 Å². The van der Waals surface area contributed by atoms with E-state index in [1.54, 1.807) is 12.1 Å². The molecule has 10 heteroatoms. The summed E-state index contributed by atoms with van der Waals surface area (Å²) < 4.78 is 57.8. The SMILES string of the molecule is CC(OC(=O)C1CCN(S(=O)(=O)c2ccc(F)cc2)CC1)C(=O)NCc1ccc(F)cc1. The van der Waals surface area contributed by atoms with E-state index in [1.807, 2.05) is 0 Å². The van der Waals surface area contributed by atoms with Crippen LogP contribution in [0.2, 0.25) is 0 Å². The predicted molar refractivity (Wildman–Crippen MR) is 112 cm³/mol. The summed E-state index contributed by atoms with van der Waals surface area (Å²) in [5.74, 6) is -2.48. The quantitative estimate of drug-likeness (QED) is 0.634. The molecule has 2 aromatic rings. The number of hydrogen-bond acceptors (Lipinski definition) is 5. The number of nitrogens with one attached hydrogen (secondary N) is 1. The first kappa shape index (κ1) is 23.8. The van der Waals surface area contributed by atoms with Crippen LogP contribution in [-0.4, -0.2) is 43.8 Å². The normalized spacial score (nSPS) is 16.3. The van der Waals surface area contributed by atoms with E-state index in [4.69, 9.17) is 4.74 Å². The van der Waals surface area contributed by atoms with E-state index in [-0.39, 0.29) is 43.2 Å². The van der Waals surface area contributed by atoms with Crippen molar-refractivity contribution in [2.45, 2.75) is 37.3 Å². The Morgan fingerprint density at radius 2 is 1.56 bits per heavy atom. The molecule has 0 radical (unpaired) electrons. The van der Waals surface area contributed by atoms with Gasteiger partial charge in [0, 0.05) is 19.6 Å². The molecule has 2 aromatic carbocycles. The van der Waals surface area contributed by atoms with Crippen LogP contribution in [-0.2, 0) is 30.9 Å². The fraction of sp³-hybridized carbons (Fsp3) is 0.364. The zero-order valence-corrected chi connectivity index (χ0v) is 18.3. The summed E-state index contributed by atoms with van der Waals surface area (Å²) in [6.07, 6.45) is -0.518. The molecule has 1 heterocycles. The van der Waals surface area contributed by atoms with Gasteiger partial charge in [0.15, 0.2) is 6.10 Å². The summed E-state index contributed by atoms with van der Waals surface area (Å²) >= 11 is 0. The average molecular weight is 467 g/mol. The van der Waals surface area contributed by atoms with Gasteiger partial charge in [0.05, 0.1) is 10.8 Å². The highest BCUT2D eigenvalue weighted by atomic mass is 32.2. The summed E-state index contributed by atoms with van der Waals surface area (Å²) in [5, 5.41) is 2.62. The van der Waals surface area contributed by atoms with Gasteiger partial charge in [0.1, 0.15) is 11.6 Å². The second-order valence-corrected chi connectivity index (χ2v) is 9.49. The van der Waals surface area contributed by atoms with Crippen molar-refractivity contribution in [2.24, 2.45) is 5.92 Å². The van der Waals surface area contributed by atoms with Gasteiger partial charge in [0.25, 0.3) is 5.91 Å². The monoisotopic (exact) mass is 466 g/mol. The van der Waals surface area contributed by atoms with Crippen molar-refractivity contribution in [1.82, 2.24) is 9.62 Å². The highest BCUT2D eigenvalue weighted by Crippen LogP contribution is 2.25. The molecule has 1 atom stereocenters. The number of hydrogen-bond donors (Lipinski definition) is 1. The number of carbonyl (C=O) groups is 2. The molecule has 0 spiro atoms. The number of benzene rings is 2. The lowest BCUT2D eigenvalue weighted by Crippen LogP contribution is -2.42. The van der Waals surface area contributed by atoms with Crippen molar-refractivity contribution in [1.29, 1.82) is 0 Å². The number of halogens is 2. The van der Waals surface area contributed by atoms with Crippen LogP contribution in [0.15, 0.2) is 53.4 Å². The summed E-state index contributed by atoms with van der Waals surface area (Å²) in [4.78, 5) is 24.6. The molecule has 1 saturated heterocycles. The van der Waals surface area contributed by atoms with Gasteiger partial charge in [0.2, 0.25) is 10.0 Å². The zero-order valence-electron chi connectivity index (χ0n) is 17.5. The molecular weight excluding hydrogens is 442 g/mol. The van der Waals surface area contributed by atoms with Gasteiger partial charge in [-0.15, -0.1) is 0 Å². The predicted octanol–water partition coefficient (Wildman–Crippen LogP) is 2.61. The standard InChI is InChI=1S/C22H24F2N2O5S/c1-15(21(27)25-14-16-2-4-18(23)5-3-16)31-22(28)17-10-12-26(13-11-17)32(29,30)20-8-6-19(24)7-9-20/h2-9,15,17H,10-14H2,1H3,(H,25,27). The van der Waals surface area contributed by atoms with Crippen molar-refractivity contribution in [2.75, 3.05) is 13.1 Å². The first-order valence-electron chi connectivity index (χ1n) is 10.1. The first-order chi connectivity index (χ1) is 15.2. The molecule has 7 nitrogen and oxygen atoms in total. The van der Waals surface area contributed by atoms with Gasteiger partial charge in [-0.05, 0) is 61.7 Å². The van der Waals surface area contributed by atoms with E-state index in [1.165, 1.54) is 35.5 Å². The van der Waals surface area contributed by atoms with E-state index in [2.05, 4.69) is 5.32 Å². The van der Waals surface area contributed by atoms with E-state index in [0.717, 1.165) is 12.1 Å². The Kier molecular flexibility index (Phi) is 7.57. The van der Waals surface area contributed by atoms with Crippen LogP contribution < -0.4 is 5.32 Å². The summed E-state index contributed by atoms with van der Waals surface area (Å²) in [6.45, 7) is 1.85. The summed E-state index contributed by atoms with van der Waals surface area (Å²) in [5.41, 5.74) is 0.702. The second-order valence-electron chi connectivity index (χ2n) is 7.56. The lowest BCUT2D eigenvalue weighted by molar-refractivity contribution is -0.159. The number of amides is 1. The molecule has 1 fully saturated rings. The maximum absolute atomic E-state index is 13.1. The molecule has 0 saturated carbocycles. The minimum atomic E-state index is -3.77. The number of nitrogens with zero attached hydrogens (tertiary/aromatic N) is 1. The van der Waals surface area contributed by atoms with Crippen molar-refractivity contribution in [3.8, 4) is 0 Å². The van der Waals surface area contributed by atoms with E-state index in [0.29, 0.717) is 5.56 Å². The van der Waals surface area contributed by atoms with Crippen LogP contribution in [0.4, 0.5) is 8.78 Å². The van der Waals surface area contributed by atoms with Crippen LogP contribution in [0.3, 0.4) is 0 Å². The van der Waals surface area contributed by atoms with E-state index >= 15 is 0 Å². The molecule has 32 heavy (non-hydrogen) atoms. The van der Waals surface area contributed by atoms with Gasteiger partial charge in [-0.1, -0.05) is 12.1 Å². The number of rotatable bonds is 7. The third-order valence-corrected chi connectivity index (χ3v) is 7.19. The number of esters is 1. The van der Waals surface area contributed by atoms with Gasteiger partial charge in [-0.2, -0.15) is 4.31 Å². The largest absolute Gasteiger partial charge is 0.452 e. The van der Waals surface area contributed by atoms with E-state index in [9.17, 15) is 26.8 Å². The Labute approximate surface area is 185 Å². The molecule has 3 rings (SSSR count). The topological polar surface area (TPSA) is 92.8 Å². The molecule has 1 aliphatic heterocycles. The Morgan fingerprint density at radius 3 is 2.12 bits per heavy atom. The minimum absolute atomic E-state index is 0.00799. The van der Waals surface area contributed by atoms with Crippen molar-refractivity contribution >= 4 is 21.9 Å². The van der Waals surface area contributed by atoms with Crippen molar-refractivity contribution in [3.63, 3.8) is 0 Å².